The van der Waals surface area contributed by atoms with Crippen molar-refractivity contribution in [2.24, 2.45) is 0 Å². The Bertz CT molecular complexity index is 995. The zero-order valence-electron chi connectivity index (χ0n) is 20.2. The molecule has 1 fully saturated rings. The summed E-state index contributed by atoms with van der Waals surface area (Å²) < 4.78 is 31.6. The van der Waals surface area contributed by atoms with Crippen LogP contribution in [0.2, 0.25) is 0 Å². The summed E-state index contributed by atoms with van der Waals surface area (Å²) in [5.74, 6) is 0. The third kappa shape index (κ3) is 7.34. The van der Waals surface area contributed by atoms with Crippen molar-refractivity contribution in [2.45, 2.75) is 57.5 Å². The van der Waals surface area contributed by atoms with Crippen LogP contribution in [0.4, 0.5) is 0 Å². The van der Waals surface area contributed by atoms with E-state index in [1.54, 1.807) is 6.08 Å². The molecule has 5 atom stereocenters. The van der Waals surface area contributed by atoms with Gasteiger partial charge in [-0.15, -0.1) is 6.58 Å². The van der Waals surface area contributed by atoms with Crippen molar-refractivity contribution in [3.8, 4) is 0 Å². The Kier molecular flexibility index (Phi) is 9.64. The normalized spacial score (nSPS) is 24.2. The molecule has 0 unspecified atom stereocenters. The molecule has 0 bridgehead atoms. The molecule has 184 valence electrons. The Balaban J connectivity index is 1.56. The molecule has 0 amide bonds. The standard InChI is InChI=1S/C30H34O5/c1-3-19-31-30-29(34-22-26-17-11-6-12-18-26)28(33-21-25-15-9-5-10-16-25)27(23(2)35-30)32-20-24-13-7-4-8-14-24/h3-18,23,27-30H,1,19-22H2,2H3/t23-,27-,28+,29+,30+/m0/s1. The predicted octanol–water partition coefficient (Wildman–Crippen LogP) is 5.69. The summed E-state index contributed by atoms with van der Waals surface area (Å²) in [4.78, 5) is 0. The van der Waals surface area contributed by atoms with Crippen LogP contribution >= 0.6 is 0 Å². The summed E-state index contributed by atoms with van der Waals surface area (Å²) in [6, 6.07) is 30.3. The highest BCUT2D eigenvalue weighted by Crippen LogP contribution is 2.31. The van der Waals surface area contributed by atoms with E-state index in [0.29, 0.717) is 26.4 Å². The topological polar surface area (TPSA) is 46.2 Å². The molecule has 1 aliphatic heterocycles. The quantitative estimate of drug-likeness (QED) is 0.316. The van der Waals surface area contributed by atoms with Crippen LogP contribution in [0.3, 0.4) is 0 Å². The van der Waals surface area contributed by atoms with Crippen molar-refractivity contribution >= 4 is 0 Å². The number of ether oxygens (including phenoxy) is 5. The Morgan fingerprint density at radius 1 is 0.629 bits per heavy atom. The highest BCUT2D eigenvalue weighted by Gasteiger charge is 2.47. The Hall–Kier alpha value is -2.80. The number of rotatable bonds is 12. The summed E-state index contributed by atoms with van der Waals surface area (Å²) in [5.41, 5.74) is 3.24. The molecule has 0 N–H and O–H groups in total. The van der Waals surface area contributed by atoms with E-state index in [1.165, 1.54) is 0 Å². The largest absolute Gasteiger partial charge is 0.368 e. The van der Waals surface area contributed by atoms with Crippen LogP contribution < -0.4 is 0 Å². The number of benzene rings is 3. The van der Waals surface area contributed by atoms with E-state index in [-0.39, 0.29) is 12.2 Å². The van der Waals surface area contributed by atoms with Crippen LogP contribution in [0.25, 0.3) is 0 Å². The molecule has 0 radical (unpaired) electrons. The lowest BCUT2D eigenvalue weighted by atomic mass is 9.98. The molecular formula is C30H34O5. The van der Waals surface area contributed by atoms with Gasteiger partial charge in [0.25, 0.3) is 0 Å². The van der Waals surface area contributed by atoms with E-state index in [9.17, 15) is 0 Å². The second-order valence-corrected chi connectivity index (χ2v) is 8.62. The summed E-state index contributed by atoms with van der Waals surface area (Å²) in [6.07, 6.45) is -0.393. The average Bonchev–Trinajstić information content (AvgIpc) is 2.91. The molecule has 1 heterocycles. The zero-order valence-corrected chi connectivity index (χ0v) is 20.2. The van der Waals surface area contributed by atoms with Gasteiger partial charge in [0.15, 0.2) is 6.29 Å². The monoisotopic (exact) mass is 474 g/mol. The summed E-state index contributed by atoms with van der Waals surface area (Å²) in [6.45, 7) is 7.42. The minimum absolute atomic E-state index is 0.258. The van der Waals surface area contributed by atoms with E-state index in [4.69, 9.17) is 23.7 Å². The lowest BCUT2D eigenvalue weighted by Crippen LogP contribution is -2.60. The SMILES string of the molecule is C=CCO[C@@H]1O[C@@H](C)[C@H](OCc2ccccc2)[C@@H](OCc2ccccc2)[C@H]1OCc1ccccc1. The highest BCUT2D eigenvalue weighted by molar-refractivity contribution is 5.15. The predicted molar refractivity (Wildman–Crippen MR) is 136 cm³/mol. The number of hydrogen-bond acceptors (Lipinski definition) is 5. The maximum atomic E-state index is 6.52. The van der Waals surface area contributed by atoms with Crippen LogP contribution in [-0.2, 0) is 43.5 Å². The summed E-state index contributed by atoms with van der Waals surface area (Å²) in [7, 11) is 0. The smallest absolute Gasteiger partial charge is 0.187 e. The Morgan fingerprint density at radius 3 is 1.51 bits per heavy atom. The van der Waals surface area contributed by atoms with Crippen molar-refractivity contribution in [3.05, 3.63) is 120 Å². The molecular weight excluding hydrogens is 440 g/mol. The first-order valence-electron chi connectivity index (χ1n) is 12.1. The number of hydrogen-bond donors (Lipinski definition) is 0. The molecule has 5 nitrogen and oxygen atoms in total. The second kappa shape index (κ2) is 13.3. The maximum absolute atomic E-state index is 6.52. The minimum atomic E-state index is -0.607. The van der Waals surface area contributed by atoms with Gasteiger partial charge in [-0.2, -0.15) is 0 Å². The van der Waals surface area contributed by atoms with Crippen LogP contribution in [0.15, 0.2) is 104 Å². The highest BCUT2D eigenvalue weighted by atomic mass is 16.7. The van der Waals surface area contributed by atoms with Crippen LogP contribution in [0, 0.1) is 0 Å². The van der Waals surface area contributed by atoms with Gasteiger partial charge in [0.05, 0.1) is 32.5 Å². The van der Waals surface area contributed by atoms with E-state index in [2.05, 4.69) is 6.58 Å². The van der Waals surface area contributed by atoms with E-state index in [0.717, 1.165) is 16.7 Å². The van der Waals surface area contributed by atoms with Gasteiger partial charge in [-0.3, -0.25) is 0 Å². The Morgan fingerprint density at radius 2 is 1.06 bits per heavy atom. The van der Waals surface area contributed by atoms with Crippen LogP contribution in [0.5, 0.6) is 0 Å². The van der Waals surface area contributed by atoms with Crippen LogP contribution in [-0.4, -0.2) is 37.3 Å². The molecule has 3 aromatic carbocycles. The molecule has 5 heteroatoms. The van der Waals surface area contributed by atoms with Crippen molar-refractivity contribution in [1.82, 2.24) is 0 Å². The summed E-state index contributed by atoms with van der Waals surface area (Å²) >= 11 is 0. The third-order valence-electron chi connectivity index (χ3n) is 5.96. The first-order valence-corrected chi connectivity index (χ1v) is 12.1. The fraction of sp³-hybridized carbons (Fsp3) is 0.333. The molecule has 1 aliphatic rings. The van der Waals surface area contributed by atoms with Gasteiger partial charge in [-0.25, -0.2) is 0 Å². The van der Waals surface area contributed by atoms with Gasteiger partial charge in [0.1, 0.15) is 18.3 Å². The fourth-order valence-electron chi connectivity index (χ4n) is 4.17. The van der Waals surface area contributed by atoms with Gasteiger partial charge in [-0.05, 0) is 23.6 Å². The minimum Gasteiger partial charge on any atom is -0.368 e. The molecule has 0 aliphatic carbocycles. The van der Waals surface area contributed by atoms with Gasteiger partial charge in [0, 0.05) is 0 Å². The third-order valence-corrected chi connectivity index (χ3v) is 5.96. The maximum Gasteiger partial charge on any atom is 0.187 e. The van der Waals surface area contributed by atoms with Gasteiger partial charge < -0.3 is 23.7 Å². The molecule has 3 aromatic rings. The van der Waals surface area contributed by atoms with Crippen molar-refractivity contribution < 1.29 is 23.7 Å². The van der Waals surface area contributed by atoms with Crippen molar-refractivity contribution in [2.75, 3.05) is 6.61 Å². The van der Waals surface area contributed by atoms with Gasteiger partial charge >= 0.3 is 0 Å². The first kappa shape index (κ1) is 25.3. The van der Waals surface area contributed by atoms with Gasteiger partial charge in [0.2, 0.25) is 0 Å². The zero-order chi connectivity index (χ0) is 24.3. The second-order valence-electron chi connectivity index (χ2n) is 8.62. The molecule has 0 saturated carbocycles. The molecule has 0 aromatic heterocycles. The summed E-state index contributed by atoms with van der Waals surface area (Å²) in [5, 5.41) is 0. The van der Waals surface area contributed by atoms with E-state index < -0.39 is 18.5 Å². The van der Waals surface area contributed by atoms with Crippen molar-refractivity contribution in [3.63, 3.8) is 0 Å². The lowest BCUT2D eigenvalue weighted by Gasteiger charge is -2.45. The molecule has 4 rings (SSSR count). The van der Waals surface area contributed by atoms with Crippen LogP contribution in [0.1, 0.15) is 23.6 Å². The first-order chi connectivity index (χ1) is 17.2. The van der Waals surface area contributed by atoms with E-state index >= 15 is 0 Å². The molecule has 35 heavy (non-hydrogen) atoms. The van der Waals surface area contributed by atoms with Crippen molar-refractivity contribution in [1.29, 1.82) is 0 Å². The van der Waals surface area contributed by atoms with E-state index in [1.807, 2.05) is 97.9 Å². The lowest BCUT2D eigenvalue weighted by molar-refractivity contribution is -0.318. The van der Waals surface area contributed by atoms with Gasteiger partial charge in [-0.1, -0.05) is 97.1 Å². The Labute approximate surface area is 208 Å². The molecule has 1 saturated heterocycles. The average molecular weight is 475 g/mol. The fourth-order valence-corrected chi connectivity index (χ4v) is 4.17. The molecule has 0 spiro atoms.